The summed E-state index contributed by atoms with van der Waals surface area (Å²) in [6.07, 6.45) is 7.04. The van der Waals surface area contributed by atoms with Crippen LogP contribution in [0.5, 0.6) is 0 Å². The molecule has 0 aliphatic carbocycles. The number of aryl methyl sites for hydroxylation is 1. The van der Waals surface area contributed by atoms with Crippen molar-refractivity contribution < 1.29 is 0 Å². The van der Waals surface area contributed by atoms with Gasteiger partial charge < -0.3 is 0 Å². The molecule has 1 aromatic carbocycles. The number of benzene rings is 1. The van der Waals surface area contributed by atoms with Gasteiger partial charge in [0.15, 0.2) is 0 Å². The van der Waals surface area contributed by atoms with Crippen LogP contribution in [0.4, 0.5) is 0 Å². The first-order valence-electron chi connectivity index (χ1n) is 8.10. The minimum absolute atomic E-state index is 1.06. The molecule has 0 radical (unpaired) electrons. The summed E-state index contributed by atoms with van der Waals surface area (Å²) < 4.78 is 0. The summed E-state index contributed by atoms with van der Waals surface area (Å²) in [5.41, 5.74) is 6.51. The first-order chi connectivity index (χ1) is 10.4. The Morgan fingerprint density at radius 2 is 1.68 bits per heavy atom. The molecule has 1 rings (SSSR count). The average molecular weight is 299 g/mol. The maximum Gasteiger partial charge on any atom is -0.0260 e. The van der Waals surface area contributed by atoms with Crippen LogP contribution in [0.3, 0.4) is 0 Å². The molecule has 0 heterocycles. The van der Waals surface area contributed by atoms with Crippen LogP contribution in [0, 0.1) is 6.92 Å². The molecular weight excluding hydrogens is 264 g/mol. The normalized spacial score (nSPS) is 9.50. The fraction of sp³-hybridized carbons (Fsp3) is 0.364. The van der Waals surface area contributed by atoms with Gasteiger partial charge in [-0.05, 0) is 45.3 Å². The molecule has 22 heavy (non-hydrogen) atoms. The van der Waals surface area contributed by atoms with Gasteiger partial charge in [-0.1, -0.05) is 93.1 Å². The zero-order chi connectivity index (χ0) is 17.5. The summed E-state index contributed by atoms with van der Waals surface area (Å²) in [6.45, 7) is 22.0. The van der Waals surface area contributed by atoms with Crippen molar-refractivity contribution in [1.29, 1.82) is 0 Å². The smallest absolute Gasteiger partial charge is 0.0260 e. The third-order valence-electron chi connectivity index (χ3n) is 3.14. The molecule has 122 valence electrons. The Morgan fingerprint density at radius 1 is 1.09 bits per heavy atom. The van der Waals surface area contributed by atoms with Gasteiger partial charge in [0.25, 0.3) is 0 Å². The van der Waals surface area contributed by atoms with Gasteiger partial charge in [0, 0.05) is 0 Å². The molecule has 0 N–H and O–H groups in total. The summed E-state index contributed by atoms with van der Waals surface area (Å²) in [6, 6.07) is 8.26. The molecule has 0 aliphatic rings. The van der Waals surface area contributed by atoms with E-state index in [-0.39, 0.29) is 0 Å². The highest BCUT2D eigenvalue weighted by Gasteiger charge is 1.89. The molecule has 0 heteroatoms. The lowest BCUT2D eigenvalue weighted by Crippen LogP contribution is -1.78. The van der Waals surface area contributed by atoms with E-state index in [1.807, 2.05) is 38.1 Å². The maximum absolute atomic E-state index is 3.75. The van der Waals surface area contributed by atoms with Crippen LogP contribution in [-0.2, 0) is 0 Å². The van der Waals surface area contributed by atoms with E-state index >= 15 is 0 Å². The Morgan fingerprint density at radius 3 is 2.00 bits per heavy atom. The summed E-state index contributed by atoms with van der Waals surface area (Å²) in [7, 11) is 0. The molecule has 0 atom stereocenters. The lowest BCUT2D eigenvalue weighted by Gasteiger charge is -1.99. The van der Waals surface area contributed by atoms with Crippen LogP contribution >= 0.6 is 0 Å². The predicted octanol–water partition coefficient (Wildman–Crippen LogP) is 7.53. The van der Waals surface area contributed by atoms with Crippen LogP contribution in [0.1, 0.15) is 59.1 Å². The zero-order valence-corrected chi connectivity index (χ0v) is 15.7. The van der Waals surface area contributed by atoms with Gasteiger partial charge in [-0.15, -0.1) is 0 Å². The van der Waals surface area contributed by atoms with Gasteiger partial charge in [-0.25, -0.2) is 0 Å². The standard InChI is InChI=1S/C11H18.C9H10.C2H6/c1-6-11(7-2)8-10(5)9(3)4;1-3-9-6-4-5-8(2)7-9;1-2/h6,8H,1,7H2,2-5H3;3-7H,1H2,2H3;1-2H3/b11-8+;;. The van der Waals surface area contributed by atoms with Gasteiger partial charge in [-0.3, -0.25) is 0 Å². The summed E-state index contributed by atoms with van der Waals surface area (Å²) in [5, 5.41) is 0. The van der Waals surface area contributed by atoms with E-state index in [0.717, 1.165) is 6.42 Å². The first-order valence-corrected chi connectivity index (χ1v) is 8.10. The third-order valence-corrected chi connectivity index (χ3v) is 3.14. The molecule has 0 amide bonds. The van der Waals surface area contributed by atoms with Crippen LogP contribution in [0.25, 0.3) is 6.08 Å². The van der Waals surface area contributed by atoms with Crippen molar-refractivity contribution in [2.24, 2.45) is 0 Å². The van der Waals surface area contributed by atoms with Gasteiger partial charge in [0.2, 0.25) is 0 Å². The minimum atomic E-state index is 1.06. The van der Waals surface area contributed by atoms with Crippen molar-refractivity contribution in [3.8, 4) is 0 Å². The molecule has 1 aromatic rings. The van der Waals surface area contributed by atoms with Crippen molar-refractivity contribution in [3.63, 3.8) is 0 Å². The largest absolute Gasteiger partial charge is 0.0988 e. The fourth-order valence-electron chi connectivity index (χ4n) is 1.52. The Labute approximate surface area is 139 Å². The van der Waals surface area contributed by atoms with Crippen molar-refractivity contribution >= 4 is 6.08 Å². The summed E-state index contributed by atoms with van der Waals surface area (Å²) in [4.78, 5) is 0. The van der Waals surface area contributed by atoms with E-state index < -0.39 is 0 Å². The second kappa shape index (κ2) is 14.1. The molecule has 0 nitrogen and oxygen atoms in total. The van der Waals surface area contributed by atoms with E-state index in [1.165, 1.54) is 27.8 Å². The highest BCUT2D eigenvalue weighted by atomic mass is 14.0. The van der Waals surface area contributed by atoms with Crippen LogP contribution in [-0.4, -0.2) is 0 Å². The van der Waals surface area contributed by atoms with Crippen LogP contribution < -0.4 is 0 Å². The Bertz CT molecular complexity index is 495. The highest BCUT2D eigenvalue weighted by Crippen LogP contribution is 2.10. The Balaban J connectivity index is 0. The average Bonchev–Trinajstić information content (AvgIpc) is 2.54. The molecule has 0 fully saturated rings. The quantitative estimate of drug-likeness (QED) is 0.504. The van der Waals surface area contributed by atoms with E-state index in [1.54, 1.807) is 0 Å². The van der Waals surface area contributed by atoms with Crippen molar-refractivity contribution in [3.05, 3.63) is 77.4 Å². The maximum atomic E-state index is 3.75. The summed E-state index contributed by atoms with van der Waals surface area (Å²) in [5.74, 6) is 0. The van der Waals surface area contributed by atoms with Gasteiger partial charge in [0.05, 0.1) is 0 Å². The van der Waals surface area contributed by atoms with E-state index in [9.17, 15) is 0 Å². The van der Waals surface area contributed by atoms with Crippen LogP contribution in [0.15, 0.2) is 66.3 Å². The van der Waals surface area contributed by atoms with Gasteiger partial charge in [0.1, 0.15) is 0 Å². The number of rotatable bonds is 4. The van der Waals surface area contributed by atoms with E-state index in [0.29, 0.717) is 0 Å². The first kappa shape index (κ1) is 22.5. The topological polar surface area (TPSA) is 0 Å². The molecule has 0 spiro atoms. The van der Waals surface area contributed by atoms with Gasteiger partial charge >= 0.3 is 0 Å². The monoisotopic (exact) mass is 298 g/mol. The zero-order valence-electron chi connectivity index (χ0n) is 15.7. The van der Waals surface area contributed by atoms with Crippen LogP contribution in [0.2, 0.25) is 0 Å². The third kappa shape index (κ3) is 10.9. The Hall–Kier alpha value is -1.82. The van der Waals surface area contributed by atoms with Gasteiger partial charge in [-0.2, -0.15) is 0 Å². The molecule has 0 unspecified atom stereocenters. The Kier molecular flexibility index (Phi) is 14.4. The molecule has 0 saturated carbocycles. The second-order valence-corrected chi connectivity index (χ2v) is 5.08. The minimum Gasteiger partial charge on any atom is -0.0988 e. The molecule has 0 bridgehead atoms. The number of hydrogen-bond donors (Lipinski definition) is 0. The van der Waals surface area contributed by atoms with E-state index in [4.69, 9.17) is 0 Å². The lowest BCUT2D eigenvalue weighted by atomic mass is 10.1. The second-order valence-electron chi connectivity index (χ2n) is 5.08. The number of hydrogen-bond acceptors (Lipinski definition) is 0. The SMILES string of the molecule is C=C/C(=C\C(C)=C(C)C)CC.C=Cc1cccc(C)c1.CC. The van der Waals surface area contributed by atoms with Crippen molar-refractivity contribution in [2.75, 3.05) is 0 Å². The molecule has 0 aliphatic heterocycles. The number of allylic oxidation sites excluding steroid dienone is 5. The molecule has 0 saturated heterocycles. The van der Waals surface area contributed by atoms with Crippen molar-refractivity contribution in [1.82, 2.24) is 0 Å². The molecular formula is C22H34. The highest BCUT2D eigenvalue weighted by molar-refractivity contribution is 5.47. The predicted molar refractivity (Wildman–Crippen MR) is 105 cm³/mol. The van der Waals surface area contributed by atoms with Crippen molar-refractivity contribution in [2.45, 2.75) is 54.9 Å². The fourth-order valence-corrected chi connectivity index (χ4v) is 1.52. The summed E-state index contributed by atoms with van der Waals surface area (Å²) >= 11 is 0. The lowest BCUT2D eigenvalue weighted by molar-refractivity contribution is 1.14. The molecule has 0 aromatic heterocycles. The van der Waals surface area contributed by atoms with E-state index in [2.05, 4.69) is 66.0 Å².